The monoisotopic (exact) mass is 395 g/mol. The first-order valence-electron chi connectivity index (χ1n) is 11.1. The summed E-state index contributed by atoms with van der Waals surface area (Å²) in [5.74, 6) is 1.66. The molecule has 0 radical (unpaired) electrons. The predicted octanol–water partition coefficient (Wildman–Crippen LogP) is 4.28. The first-order chi connectivity index (χ1) is 14.0. The van der Waals surface area contributed by atoms with Crippen molar-refractivity contribution in [1.29, 1.82) is 0 Å². The minimum Gasteiger partial charge on any atom is -0.435 e. The Bertz CT molecular complexity index is 837. The molecule has 156 valence electrons. The standard InChI is InChI=1S/C24H33N3O2/c1-4-21-25-18(3)22(29-21)23(28)27-13-11-24(12-14-27)15-20(16-26(5-2)17-24)19-9-7-6-8-10-19/h6-10,20H,4-5,11-17H2,1-3H3. The lowest BCUT2D eigenvalue weighted by atomic mass is 9.68. The van der Waals surface area contributed by atoms with Crippen LogP contribution in [0.4, 0.5) is 0 Å². The van der Waals surface area contributed by atoms with E-state index in [1.54, 1.807) is 0 Å². The van der Waals surface area contributed by atoms with Crippen LogP contribution in [0.25, 0.3) is 0 Å². The van der Waals surface area contributed by atoms with Crippen LogP contribution in [-0.2, 0) is 6.42 Å². The average molecular weight is 396 g/mol. The van der Waals surface area contributed by atoms with E-state index in [2.05, 4.69) is 47.1 Å². The lowest BCUT2D eigenvalue weighted by Crippen LogP contribution is -2.52. The normalized spacial score (nSPS) is 22.2. The number of amides is 1. The van der Waals surface area contributed by atoms with Gasteiger partial charge in [0.15, 0.2) is 5.89 Å². The van der Waals surface area contributed by atoms with Gasteiger partial charge in [-0.15, -0.1) is 0 Å². The van der Waals surface area contributed by atoms with E-state index in [9.17, 15) is 4.79 Å². The van der Waals surface area contributed by atoms with Gasteiger partial charge < -0.3 is 14.2 Å². The molecule has 2 aliphatic rings. The van der Waals surface area contributed by atoms with E-state index in [4.69, 9.17) is 4.42 Å². The molecule has 5 nitrogen and oxygen atoms in total. The van der Waals surface area contributed by atoms with Gasteiger partial charge in [-0.3, -0.25) is 4.79 Å². The number of hydrogen-bond acceptors (Lipinski definition) is 4. The third-order valence-corrected chi connectivity index (χ3v) is 6.88. The molecule has 1 amide bonds. The third-order valence-electron chi connectivity index (χ3n) is 6.88. The van der Waals surface area contributed by atoms with Gasteiger partial charge in [-0.1, -0.05) is 44.2 Å². The van der Waals surface area contributed by atoms with E-state index in [1.165, 1.54) is 12.0 Å². The Balaban J connectivity index is 1.46. The summed E-state index contributed by atoms with van der Waals surface area (Å²) in [7, 11) is 0. The van der Waals surface area contributed by atoms with Crippen molar-refractivity contribution in [3.8, 4) is 0 Å². The maximum atomic E-state index is 13.0. The van der Waals surface area contributed by atoms with Gasteiger partial charge in [-0.2, -0.15) is 0 Å². The Morgan fingerprint density at radius 3 is 2.55 bits per heavy atom. The number of rotatable bonds is 4. The van der Waals surface area contributed by atoms with Crippen molar-refractivity contribution in [2.24, 2.45) is 5.41 Å². The molecule has 1 unspecified atom stereocenters. The van der Waals surface area contributed by atoms with Crippen molar-refractivity contribution in [2.75, 3.05) is 32.7 Å². The van der Waals surface area contributed by atoms with Crippen LogP contribution in [0.2, 0.25) is 0 Å². The molecule has 0 aliphatic carbocycles. The van der Waals surface area contributed by atoms with Crippen LogP contribution in [-0.4, -0.2) is 53.4 Å². The summed E-state index contributed by atoms with van der Waals surface area (Å²) in [6.45, 7) is 11.1. The molecule has 0 N–H and O–H groups in total. The number of carbonyl (C=O) groups is 1. The van der Waals surface area contributed by atoms with E-state index >= 15 is 0 Å². The van der Waals surface area contributed by atoms with Crippen molar-refractivity contribution >= 4 is 5.91 Å². The van der Waals surface area contributed by atoms with E-state index in [0.29, 0.717) is 35.1 Å². The first kappa shape index (κ1) is 20.1. The summed E-state index contributed by atoms with van der Waals surface area (Å²) in [4.78, 5) is 22.0. The van der Waals surface area contributed by atoms with Crippen LogP contribution in [0.1, 0.15) is 66.7 Å². The van der Waals surface area contributed by atoms with E-state index in [-0.39, 0.29) is 5.91 Å². The van der Waals surface area contributed by atoms with E-state index < -0.39 is 0 Å². The number of oxazole rings is 1. The van der Waals surface area contributed by atoms with Gasteiger partial charge in [0.1, 0.15) is 0 Å². The molecule has 4 rings (SSSR count). The van der Waals surface area contributed by atoms with Gasteiger partial charge in [-0.05, 0) is 49.6 Å². The number of piperidine rings is 2. The number of carbonyl (C=O) groups excluding carboxylic acids is 1. The second-order valence-electron chi connectivity index (χ2n) is 8.81. The maximum Gasteiger partial charge on any atom is 0.291 e. The zero-order chi connectivity index (χ0) is 20.4. The van der Waals surface area contributed by atoms with Gasteiger partial charge in [0.25, 0.3) is 5.91 Å². The molecule has 1 aromatic heterocycles. The van der Waals surface area contributed by atoms with Gasteiger partial charge in [-0.25, -0.2) is 4.98 Å². The molecule has 2 saturated heterocycles. The second-order valence-corrected chi connectivity index (χ2v) is 8.81. The minimum absolute atomic E-state index is 0.00677. The molecule has 3 heterocycles. The summed E-state index contributed by atoms with van der Waals surface area (Å²) < 4.78 is 5.71. The van der Waals surface area contributed by atoms with Crippen molar-refractivity contribution in [3.63, 3.8) is 0 Å². The number of hydrogen-bond donors (Lipinski definition) is 0. The quantitative estimate of drug-likeness (QED) is 0.775. The van der Waals surface area contributed by atoms with Crippen LogP contribution in [0.5, 0.6) is 0 Å². The maximum absolute atomic E-state index is 13.0. The third kappa shape index (κ3) is 4.11. The highest BCUT2D eigenvalue weighted by Gasteiger charge is 2.43. The molecule has 29 heavy (non-hydrogen) atoms. The molecular formula is C24H33N3O2. The molecule has 0 saturated carbocycles. The Labute approximate surface area is 174 Å². The zero-order valence-corrected chi connectivity index (χ0v) is 18.0. The molecule has 0 bridgehead atoms. The van der Waals surface area contributed by atoms with Crippen molar-refractivity contribution in [1.82, 2.24) is 14.8 Å². The van der Waals surface area contributed by atoms with Crippen LogP contribution in [0.15, 0.2) is 34.7 Å². The molecule has 1 spiro atoms. The fourth-order valence-electron chi connectivity index (χ4n) is 5.18. The van der Waals surface area contributed by atoms with Crippen molar-refractivity contribution in [2.45, 2.75) is 52.4 Å². The number of likely N-dealkylation sites (N-methyl/N-ethyl adjacent to an activating group) is 1. The van der Waals surface area contributed by atoms with E-state index in [1.807, 2.05) is 18.7 Å². The van der Waals surface area contributed by atoms with Crippen molar-refractivity contribution in [3.05, 3.63) is 53.2 Å². The number of likely N-dealkylation sites (tertiary alicyclic amines) is 2. The summed E-state index contributed by atoms with van der Waals surface area (Å²) in [6, 6.07) is 10.9. The smallest absolute Gasteiger partial charge is 0.291 e. The molecule has 1 atom stereocenters. The zero-order valence-electron chi connectivity index (χ0n) is 18.0. The fourth-order valence-corrected chi connectivity index (χ4v) is 5.18. The summed E-state index contributed by atoms with van der Waals surface area (Å²) in [5.41, 5.74) is 2.47. The Kier molecular flexibility index (Phi) is 5.77. The molecule has 2 aromatic rings. The fraction of sp³-hybridized carbons (Fsp3) is 0.583. The first-order valence-corrected chi connectivity index (χ1v) is 11.1. The van der Waals surface area contributed by atoms with Gasteiger partial charge in [0.2, 0.25) is 5.76 Å². The van der Waals surface area contributed by atoms with Crippen LogP contribution < -0.4 is 0 Å². The largest absolute Gasteiger partial charge is 0.435 e. The van der Waals surface area contributed by atoms with Gasteiger partial charge in [0.05, 0.1) is 5.69 Å². The predicted molar refractivity (Wildman–Crippen MR) is 114 cm³/mol. The second kappa shape index (κ2) is 8.31. The molecular weight excluding hydrogens is 362 g/mol. The topological polar surface area (TPSA) is 49.6 Å². The summed E-state index contributed by atoms with van der Waals surface area (Å²) in [5, 5.41) is 0. The average Bonchev–Trinajstić information content (AvgIpc) is 3.15. The number of nitrogens with zero attached hydrogens (tertiary/aromatic N) is 3. The Morgan fingerprint density at radius 1 is 1.21 bits per heavy atom. The molecule has 2 fully saturated rings. The van der Waals surface area contributed by atoms with E-state index in [0.717, 1.165) is 45.6 Å². The van der Waals surface area contributed by atoms with Crippen LogP contribution in [0, 0.1) is 12.3 Å². The highest BCUT2D eigenvalue weighted by Crippen LogP contribution is 2.45. The Hall–Kier alpha value is -2.14. The number of aryl methyl sites for hydroxylation is 2. The highest BCUT2D eigenvalue weighted by molar-refractivity contribution is 5.92. The Morgan fingerprint density at radius 2 is 1.93 bits per heavy atom. The lowest BCUT2D eigenvalue weighted by Gasteiger charge is -2.50. The van der Waals surface area contributed by atoms with Gasteiger partial charge in [0, 0.05) is 32.6 Å². The van der Waals surface area contributed by atoms with Crippen LogP contribution in [0.3, 0.4) is 0 Å². The highest BCUT2D eigenvalue weighted by atomic mass is 16.4. The molecule has 2 aliphatic heterocycles. The molecule has 1 aromatic carbocycles. The van der Waals surface area contributed by atoms with Crippen molar-refractivity contribution < 1.29 is 9.21 Å². The molecule has 5 heteroatoms. The minimum atomic E-state index is 0.00677. The lowest BCUT2D eigenvalue weighted by molar-refractivity contribution is 0.0146. The number of aromatic nitrogens is 1. The summed E-state index contributed by atoms with van der Waals surface area (Å²) >= 11 is 0. The SMILES string of the molecule is CCc1nc(C)c(C(=O)N2CCC3(CC2)CC(c2ccccc2)CN(CC)C3)o1. The number of benzene rings is 1. The van der Waals surface area contributed by atoms with Gasteiger partial charge >= 0.3 is 0 Å². The van der Waals surface area contributed by atoms with Crippen LogP contribution >= 0.6 is 0 Å². The summed E-state index contributed by atoms with van der Waals surface area (Å²) in [6.07, 6.45) is 4.06.